The smallest absolute Gasteiger partial charge is 0.344 e. The SMILES string of the molecule is CCOC(=O)COc1ccc2c(c1)C[C@@H](NCC(O)c1cccc(Cl)c1)CC2.Cl. The molecule has 0 radical (unpaired) electrons. The Labute approximate surface area is 182 Å². The molecule has 0 aliphatic heterocycles. The van der Waals surface area contributed by atoms with Gasteiger partial charge in [-0.3, -0.25) is 0 Å². The molecule has 0 fully saturated rings. The quantitative estimate of drug-likeness (QED) is 0.610. The number of benzene rings is 2. The fraction of sp³-hybridized carbons (Fsp3) is 0.409. The molecule has 1 aliphatic rings. The molecule has 5 nitrogen and oxygen atoms in total. The maximum absolute atomic E-state index is 11.5. The monoisotopic (exact) mass is 439 g/mol. The first-order valence-electron chi connectivity index (χ1n) is 9.62. The highest BCUT2D eigenvalue weighted by Gasteiger charge is 2.20. The maximum Gasteiger partial charge on any atom is 0.344 e. The minimum absolute atomic E-state index is 0. The van der Waals surface area contributed by atoms with E-state index < -0.39 is 6.10 Å². The average molecular weight is 440 g/mol. The van der Waals surface area contributed by atoms with Crippen LogP contribution in [-0.4, -0.2) is 36.9 Å². The van der Waals surface area contributed by atoms with E-state index in [9.17, 15) is 9.90 Å². The Hall–Kier alpha value is -1.79. The van der Waals surface area contributed by atoms with Crippen LogP contribution in [0.2, 0.25) is 5.02 Å². The number of fused-ring (bicyclic) bond motifs is 1. The average Bonchev–Trinajstić information content (AvgIpc) is 2.70. The number of aliphatic hydroxyl groups excluding tert-OH is 1. The summed E-state index contributed by atoms with van der Waals surface area (Å²) in [7, 11) is 0. The summed E-state index contributed by atoms with van der Waals surface area (Å²) in [4.78, 5) is 11.5. The van der Waals surface area contributed by atoms with Crippen LogP contribution in [0.1, 0.15) is 36.1 Å². The van der Waals surface area contributed by atoms with Gasteiger partial charge in [0.05, 0.1) is 12.7 Å². The minimum atomic E-state index is -0.598. The lowest BCUT2D eigenvalue weighted by molar-refractivity contribution is -0.145. The number of nitrogens with one attached hydrogen (secondary N) is 1. The first-order chi connectivity index (χ1) is 13.5. The highest BCUT2D eigenvalue weighted by Crippen LogP contribution is 2.26. The molecule has 3 rings (SSSR count). The van der Waals surface area contributed by atoms with Crippen LogP contribution in [0.4, 0.5) is 0 Å². The van der Waals surface area contributed by atoms with Crippen molar-refractivity contribution in [1.82, 2.24) is 5.32 Å². The van der Waals surface area contributed by atoms with Gasteiger partial charge in [-0.15, -0.1) is 12.4 Å². The van der Waals surface area contributed by atoms with Gasteiger partial charge < -0.3 is 19.9 Å². The molecule has 1 unspecified atom stereocenters. The van der Waals surface area contributed by atoms with E-state index in [1.807, 2.05) is 24.3 Å². The largest absolute Gasteiger partial charge is 0.482 e. The first-order valence-corrected chi connectivity index (χ1v) is 10.00. The predicted octanol–water partition coefficient (Wildman–Crippen LogP) is 3.88. The fourth-order valence-electron chi connectivity index (χ4n) is 3.45. The molecule has 0 bridgehead atoms. The zero-order valence-electron chi connectivity index (χ0n) is 16.4. The Bertz CT molecular complexity index is 815. The van der Waals surface area contributed by atoms with Crippen molar-refractivity contribution >= 4 is 30.0 Å². The van der Waals surface area contributed by atoms with Crippen molar-refractivity contribution in [3.05, 3.63) is 64.2 Å². The number of aryl methyl sites for hydroxylation is 1. The van der Waals surface area contributed by atoms with E-state index in [-0.39, 0.29) is 31.0 Å². The molecule has 2 atom stereocenters. The summed E-state index contributed by atoms with van der Waals surface area (Å²) in [5.41, 5.74) is 3.32. The lowest BCUT2D eigenvalue weighted by Gasteiger charge is -2.27. The standard InChI is InChI=1S/C22H26ClNO4.ClH/c1-2-27-22(26)14-28-20-9-7-15-6-8-19(11-17(15)12-20)24-13-21(25)16-4-3-5-18(23)10-16;/h3-5,7,9-10,12,19,21,24-25H,2,6,8,11,13-14H2,1H3;1H/t19-,21?;/m0./s1. The molecule has 0 heterocycles. The number of ether oxygens (including phenoxy) is 2. The third-order valence-corrected chi connectivity index (χ3v) is 5.14. The Morgan fingerprint density at radius 3 is 2.86 bits per heavy atom. The van der Waals surface area contributed by atoms with Crippen molar-refractivity contribution in [3.8, 4) is 5.75 Å². The molecule has 0 amide bonds. The van der Waals surface area contributed by atoms with Crippen LogP contribution in [0.25, 0.3) is 0 Å². The van der Waals surface area contributed by atoms with Crippen LogP contribution < -0.4 is 10.1 Å². The van der Waals surface area contributed by atoms with E-state index in [2.05, 4.69) is 11.4 Å². The van der Waals surface area contributed by atoms with E-state index in [1.165, 1.54) is 11.1 Å². The topological polar surface area (TPSA) is 67.8 Å². The van der Waals surface area contributed by atoms with Crippen molar-refractivity contribution in [1.29, 1.82) is 0 Å². The molecule has 29 heavy (non-hydrogen) atoms. The minimum Gasteiger partial charge on any atom is -0.482 e. The van der Waals surface area contributed by atoms with Gasteiger partial charge in [0, 0.05) is 17.6 Å². The van der Waals surface area contributed by atoms with E-state index in [0.717, 1.165) is 24.8 Å². The third-order valence-electron chi connectivity index (χ3n) is 4.90. The van der Waals surface area contributed by atoms with Crippen molar-refractivity contribution < 1.29 is 19.4 Å². The van der Waals surface area contributed by atoms with Crippen LogP contribution >= 0.6 is 24.0 Å². The number of aliphatic hydroxyl groups is 1. The molecule has 0 saturated heterocycles. The van der Waals surface area contributed by atoms with E-state index >= 15 is 0 Å². The van der Waals surface area contributed by atoms with Crippen molar-refractivity contribution in [2.45, 2.75) is 38.3 Å². The van der Waals surface area contributed by atoms with Crippen LogP contribution in [0, 0.1) is 0 Å². The van der Waals surface area contributed by atoms with E-state index in [1.54, 1.807) is 19.1 Å². The number of carbonyl (C=O) groups is 1. The van der Waals surface area contributed by atoms with Crippen molar-refractivity contribution in [2.75, 3.05) is 19.8 Å². The molecule has 2 aromatic carbocycles. The lowest BCUT2D eigenvalue weighted by atomic mass is 9.88. The van der Waals surface area contributed by atoms with Gasteiger partial charge in [0.15, 0.2) is 6.61 Å². The summed E-state index contributed by atoms with van der Waals surface area (Å²) in [6.07, 6.45) is 2.24. The lowest BCUT2D eigenvalue weighted by Crippen LogP contribution is -2.37. The number of halogens is 2. The van der Waals surface area contributed by atoms with Crippen LogP contribution in [0.15, 0.2) is 42.5 Å². The number of hydrogen-bond acceptors (Lipinski definition) is 5. The Kier molecular flexibility index (Phi) is 9.24. The van der Waals surface area contributed by atoms with Gasteiger partial charge in [0.25, 0.3) is 0 Å². The molecule has 7 heteroatoms. The van der Waals surface area contributed by atoms with E-state index in [4.69, 9.17) is 21.1 Å². The second-order valence-electron chi connectivity index (χ2n) is 6.94. The highest BCUT2D eigenvalue weighted by atomic mass is 35.5. The summed E-state index contributed by atoms with van der Waals surface area (Å²) in [6, 6.07) is 13.5. The van der Waals surface area contributed by atoms with Crippen LogP contribution in [0.5, 0.6) is 5.75 Å². The van der Waals surface area contributed by atoms with Gasteiger partial charge >= 0.3 is 5.97 Å². The van der Waals surface area contributed by atoms with Crippen molar-refractivity contribution in [2.24, 2.45) is 0 Å². The first kappa shape index (κ1) is 23.5. The second-order valence-corrected chi connectivity index (χ2v) is 7.38. The molecular formula is C22H27Cl2NO4. The maximum atomic E-state index is 11.5. The number of carbonyl (C=O) groups excluding carboxylic acids is 1. The highest BCUT2D eigenvalue weighted by molar-refractivity contribution is 6.30. The molecule has 0 saturated carbocycles. The molecule has 0 aromatic heterocycles. The van der Waals surface area contributed by atoms with E-state index in [0.29, 0.717) is 23.9 Å². The molecule has 0 spiro atoms. The van der Waals surface area contributed by atoms with Gasteiger partial charge in [0.2, 0.25) is 0 Å². The number of esters is 1. The van der Waals surface area contributed by atoms with Gasteiger partial charge in [-0.25, -0.2) is 4.79 Å². The molecular weight excluding hydrogens is 413 g/mol. The summed E-state index contributed by atoms with van der Waals surface area (Å²) < 4.78 is 10.4. The summed E-state index contributed by atoms with van der Waals surface area (Å²) in [6.45, 7) is 2.51. The number of rotatable bonds is 8. The molecule has 2 N–H and O–H groups in total. The third kappa shape index (κ3) is 6.89. The fourth-order valence-corrected chi connectivity index (χ4v) is 3.65. The zero-order chi connectivity index (χ0) is 19.9. The van der Waals surface area contributed by atoms with Crippen molar-refractivity contribution in [3.63, 3.8) is 0 Å². The van der Waals surface area contributed by atoms with Gasteiger partial charge in [-0.05, 0) is 67.1 Å². The zero-order valence-corrected chi connectivity index (χ0v) is 18.0. The van der Waals surface area contributed by atoms with Gasteiger partial charge in [0.1, 0.15) is 5.75 Å². The molecule has 1 aliphatic carbocycles. The molecule has 2 aromatic rings. The number of hydrogen-bond donors (Lipinski definition) is 2. The summed E-state index contributed by atoms with van der Waals surface area (Å²) in [5.74, 6) is 0.307. The van der Waals surface area contributed by atoms with Crippen LogP contribution in [-0.2, 0) is 22.4 Å². The summed E-state index contributed by atoms with van der Waals surface area (Å²) in [5, 5.41) is 14.5. The van der Waals surface area contributed by atoms with Gasteiger partial charge in [-0.1, -0.05) is 29.8 Å². The van der Waals surface area contributed by atoms with Crippen LogP contribution in [0.3, 0.4) is 0 Å². The second kappa shape index (κ2) is 11.4. The predicted molar refractivity (Wildman–Crippen MR) is 116 cm³/mol. The molecule has 158 valence electrons. The van der Waals surface area contributed by atoms with Gasteiger partial charge in [-0.2, -0.15) is 0 Å². The Morgan fingerprint density at radius 2 is 2.10 bits per heavy atom. The summed E-state index contributed by atoms with van der Waals surface area (Å²) >= 11 is 6.00. The normalized spacial score (nSPS) is 16.3. The Balaban J connectivity index is 0.00000300. The Morgan fingerprint density at radius 1 is 1.28 bits per heavy atom.